The van der Waals surface area contributed by atoms with Crippen molar-refractivity contribution >= 4 is 29.1 Å². The fraction of sp³-hybridized carbons (Fsp3) is 0.370. The van der Waals surface area contributed by atoms with Crippen molar-refractivity contribution in [3.05, 3.63) is 72.3 Å². The van der Waals surface area contributed by atoms with E-state index in [-0.39, 0.29) is 30.2 Å². The molecule has 1 aliphatic rings. The zero-order valence-corrected chi connectivity index (χ0v) is 20.3. The second-order valence-corrected chi connectivity index (χ2v) is 8.90. The smallest absolute Gasteiger partial charge is 0.253 e. The third-order valence-electron chi connectivity index (χ3n) is 5.87. The van der Waals surface area contributed by atoms with Crippen molar-refractivity contribution in [3.63, 3.8) is 0 Å². The van der Waals surface area contributed by atoms with Crippen molar-refractivity contribution in [2.45, 2.75) is 20.8 Å². The van der Waals surface area contributed by atoms with Gasteiger partial charge in [0, 0.05) is 55.6 Å². The standard InChI is InChI=1S/C27H34N4O3/c1-5-14-31(26(33)20(2)3)19-25(32)28-23-10-12-24(13-11-23)29-15-17-30(18-16-29)27(34)22-8-6-21(4)7-9-22/h5-13,20H,1,14-19H2,2-4H3,(H,28,32). The first-order valence-corrected chi connectivity index (χ1v) is 11.7. The third-order valence-corrected chi connectivity index (χ3v) is 5.87. The zero-order chi connectivity index (χ0) is 24.7. The van der Waals surface area contributed by atoms with Crippen LogP contribution in [0.3, 0.4) is 0 Å². The number of amides is 3. The number of hydrogen-bond acceptors (Lipinski definition) is 4. The number of anilines is 2. The molecule has 0 bridgehead atoms. The van der Waals surface area contributed by atoms with Gasteiger partial charge in [-0.05, 0) is 43.3 Å². The van der Waals surface area contributed by atoms with E-state index in [9.17, 15) is 14.4 Å². The average molecular weight is 463 g/mol. The van der Waals surface area contributed by atoms with Crippen LogP contribution in [0.1, 0.15) is 29.8 Å². The van der Waals surface area contributed by atoms with Crippen molar-refractivity contribution in [3.8, 4) is 0 Å². The van der Waals surface area contributed by atoms with Gasteiger partial charge in [0.2, 0.25) is 11.8 Å². The molecule has 0 aliphatic carbocycles. The molecule has 0 atom stereocenters. The largest absolute Gasteiger partial charge is 0.368 e. The Balaban J connectivity index is 1.52. The molecule has 1 fully saturated rings. The summed E-state index contributed by atoms with van der Waals surface area (Å²) in [6, 6.07) is 15.3. The Morgan fingerprint density at radius 3 is 2.18 bits per heavy atom. The highest BCUT2D eigenvalue weighted by Gasteiger charge is 2.22. The van der Waals surface area contributed by atoms with Crippen molar-refractivity contribution in [1.82, 2.24) is 9.80 Å². The molecule has 2 aromatic carbocycles. The first kappa shape index (κ1) is 25.0. The summed E-state index contributed by atoms with van der Waals surface area (Å²) in [5.74, 6) is -0.434. The van der Waals surface area contributed by atoms with Gasteiger partial charge in [-0.25, -0.2) is 0 Å². The van der Waals surface area contributed by atoms with Gasteiger partial charge in [0.05, 0.1) is 0 Å². The topological polar surface area (TPSA) is 73.0 Å². The molecule has 1 saturated heterocycles. The highest BCUT2D eigenvalue weighted by molar-refractivity contribution is 5.95. The SMILES string of the molecule is C=CCN(CC(=O)Nc1ccc(N2CCN(C(=O)c3ccc(C)cc3)CC2)cc1)C(=O)C(C)C. The fourth-order valence-electron chi connectivity index (χ4n) is 3.93. The van der Waals surface area contributed by atoms with Crippen LogP contribution in [-0.4, -0.2) is 66.8 Å². The molecular formula is C27H34N4O3. The summed E-state index contributed by atoms with van der Waals surface area (Å²) in [7, 11) is 0. The van der Waals surface area contributed by atoms with Gasteiger partial charge < -0.3 is 20.0 Å². The van der Waals surface area contributed by atoms with Gasteiger partial charge in [-0.3, -0.25) is 14.4 Å². The van der Waals surface area contributed by atoms with Gasteiger partial charge in [0.1, 0.15) is 6.54 Å². The highest BCUT2D eigenvalue weighted by atomic mass is 16.2. The number of piperazine rings is 1. The minimum atomic E-state index is -0.244. The molecule has 34 heavy (non-hydrogen) atoms. The Kier molecular flexibility index (Phi) is 8.46. The molecule has 0 radical (unpaired) electrons. The van der Waals surface area contributed by atoms with Crippen LogP contribution in [-0.2, 0) is 9.59 Å². The third kappa shape index (κ3) is 6.47. The first-order valence-electron chi connectivity index (χ1n) is 11.7. The number of hydrogen-bond donors (Lipinski definition) is 1. The lowest BCUT2D eigenvalue weighted by Crippen LogP contribution is -2.48. The normalized spacial score (nSPS) is 13.5. The molecule has 0 saturated carbocycles. The van der Waals surface area contributed by atoms with Crippen LogP contribution in [0, 0.1) is 12.8 Å². The van der Waals surface area contributed by atoms with E-state index in [0.29, 0.717) is 25.3 Å². The maximum absolute atomic E-state index is 12.7. The second-order valence-electron chi connectivity index (χ2n) is 8.90. The fourth-order valence-corrected chi connectivity index (χ4v) is 3.93. The molecule has 180 valence electrons. The molecule has 1 N–H and O–H groups in total. The van der Waals surface area contributed by atoms with E-state index in [0.717, 1.165) is 29.9 Å². The summed E-state index contributed by atoms with van der Waals surface area (Å²) >= 11 is 0. The average Bonchev–Trinajstić information content (AvgIpc) is 2.84. The second kappa shape index (κ2) is 11.5. The van der Waals surface area contributed by atoms with Crippen LogP contribution >= 0.6 is 0 Å². The van der Waals surface area contributed by atoms with Crippen LogP contribution in [0.4, 0.5) is 11.4 Å². The molecule has 1 aliphatic heterocycles. The number of carbonyl (C=O) groups is 3. The summed E-state index contributed by atoms with van der Waals surface area (Å²) in [4.78, 5) is 43.1. The summed E-state index contributed by atoms with van der Waals surface area (Å²) in [5, 5.41) is 2.86. The van der Waals surface area contributed by atoms with E-state index < -0.39 is 0 Å². The zero-order valence-electron chi connectivity index (χ0n) is 20.3. The molecule has 0 aromatic heterocycles. The molecule has 3 rings (SSSR count). The summed E-state index contributed by atoms with van der Waals surface area (Å²) in [6.45, 7) is 12.4. The van der Waals surface area contributed by atoms with Gasteiger partial charge in [-0.2, -0.15) is 0 Å². The molecule has 7 heteroatoms. The van der Waals surface area contributed by atoms with Gasteiger partial charge >= 0.3 is 0 Å². The van der Waals surface area contributed by atoms with Crippen molar-refractivity contribution in [2.75, 3.05) is 49.5 Å². The Hall–Kier alpha value is -3.61. The molecule has 0 spiro atoms. The van der Waals surface area contributed by atoms with Crippen LogP contribution < -0.4 is 10.2 Å². The lowest BCUT2D eigenvalue weighted by molar-refractivity contribution is -0.136. The lowest BCUT2D eigenvalue weighted by atomic mass is 10.1. The Labute approximate surface area is 202 Å². The van der Waals surface area contributed by atoms with Crippen LogP contribution in [0.2, 0.25) is 0 Å². The highest BCUT2D eigenvalue weighted by Crippen LogP contribution is 2.20. The molecule has 1 heterocycles. The molecule has 2 aromatic rings. The monoisotopic (exact) mass is 462 g/mol. The number of benzene rings is 2. The van der Waals surface area contributed by atoms with E-state index in [2.05, 4.69) is 16.8 Å². The van der Waals surface area contributed by atoms with Gasteiger partial charge in [0.15, 0.2) is 0 Å². The van der Waals surface area contributed by atoms with Gasteiger partial charge in [-0.1, -0.05) is 37.6 Å². The van der Waals surface area contributed by atoms with E-state index >= 15 is 0 Å². The van der Waals surface area contributed by atoms with Gasteiger partial charge in [0.25, 0.3) is 5.91 Å². The number of carbonyl (C=O) groups excluding carboxylic acids is 3. The van der Waals surface area contributed by atoms with E-state index in [4.69, 9.17) is 0 Å². The number of rotatable bonds is 8. The van der Waals surface area contributed by atoms with Crippen LogP contribution in [0.5, 0.6) is 0 Å². The molecule has 0 unspecified atom stereocenters. The van der Waals surface area contributed by atoms with E-state index in [1.807, 2.05) is 74.2 Å². The van der Waals surface area contributed by atoms with Crippen molar-refractivity contribution in [1.29, 1.82) is 0 Å². The molecule has 3 amide bonds. The Bertz CT molecular complexity index is 1010. The maximum atomic E-state index is 12.7. The molecular weight excluding hydrogens is 428 g/mol. The van der Waals surface area contributed by atoms with Crippen LogP contribution in [0.15, 0.2) is 61.2 Å². The molecule has 7 nitrogen and oxygen atoms in total. The first-order chi connectivity index (χ1) is 16.3. The minimum absolute atomic E-state index is 0.0121. The van der Waals surface area contributed by atoms with Gasteiger partial charge in [-0.15, -0.1) is 6.58 Å². The Morgan fingerprint density at radius 1 is 1.00 bits per heavy atom. The summed E-state index contributed by atoms with van der Waals surface area (Å²) < 4.78 is 0. The van der Waals surface area contributed by atoms with Crippen LogP contribution in [0.25, 0.3) is 0 Å². The quantitative estimate of drug-likeness (QED) is 0.609. The van der Waals surface area contributed by atoms with E-state index in [1.165, 1.54) is 4.90 Å². The summed E-state index contributed by atoms with van der Waals surface area (Å²) in [5.41, 5.74) is 3.58. The van der Waals surface area contributed by atoms with Crippen molar-refractivity contribution < 1.29 is 14.4 Å². The lowest BCUT2D eigenvalue weighted by Gasteiger charge is -2.36. The van der Waals surface area contributed by atoms with E-state index in [1.54, 1.807) is 6.08 Å². The summed E-state index contributed by atoms with van der Waals surface area (Å²) in [6.07, 6.45) is 1.62. The van der Waals surface area contributed by atoms with Crippen molar-refractivity contribution in [2.24, 2.45) is 5.92 Å². The minimum Gasteiger partial charge on any atom is -0.368 e. The predicted octanol–water partition coefficient (Wildman–Crippen LogP) is 3.57. The number of nitrogens with zero attached hydrogens (tertiary/aromatic N) is 3. The Morgan fingerprint density at radius 2 is 1.62 bits per heavy atom. The predicted molar refractivity (Wildman–Crippen MR) is 136 cm³/mol. The maximum Gasteiger partial charge on any atom is 0.253 e. The number of nitrogens with one attached hydrogen (secondary N) is 1. The number of aryl methyl sites for hydroxylation is 1.